The number of benzene rings is 1. The normalized spacial score (nSPS) is 34.4. The fourth-order valence-corrected chi connectivity index (χ4v) is 3.91. The number of aryl methyl sites for hydroxylation is 1. The minimum absolute atomic E-state index is 0.233. The second-order valence-electron chi connectivity index (χ2n) is 6.37. The van der Waals surface area contributed by atoms with Crippen molar-refractivity contribution in [1.29, 1.82) is 0 Å². The van der Waals surface area contributed by atoms with Crippen LogP contribution < -0.4 is 5.32 Å². The molecule has 1 saturated carbocycles. The first-order chi connectivity index (χ1) is 9.21. The number of fused-ring (bicyclic) bond motifs is 1. The smallest absolute Gasteiger partial charge is 0.0850 e. The van der Waals surface area contributed by atoms with Crippen LogP contribution in [0.2, 0.25) is 0 Å². The van der Waals surface area contributed by atoms with Crippen LogP contribution in [0.4, 0.5) is 5.69 Å². The molecule has 2 nitrogen and oxygen atoms in total. The van der Waals surface area contributed by atoms with Crippen molar-refractivity contribution in [1.82, 2.24) is 0 Å². The lowest BCUT2D eigenvalue weighted by atomic mass is 9.71. The summed E-state index contributed by atoms with van der Waals surface area (Å²) in [6, 6.07) is 8.75. The van der Waals surface area contributed by atoms with Crippen molar-refractivity contribution in [3.05, 3.63) is 29.8 Å². The highest BCUT2D eigenvalue weighted by Gasteiger charge is 2.41. The van der Waals surface area contributed by atoms with E-state index >= 15 is 0 Å². The van der Waals surface area contributed by atoms with Gasteiger partial charge in [0, 0.05) is 5.69 Å². The molecule has 104 valence electrons. The number of nitrogens with one attached hydrogen (secondary N) is 1. The highest BCUT2D eigenvalue weighted by atomic mass is 16.3. The predicted molar refractivity (Wildman–Crippen MR) is 79.4 cm³/mol. The van der Waals surface area contributed by atoms with Crippen LogP contribution in [0.5, 0.6) is 0 Å². The average molecular weight is 259 g/mol. The number of rotatable bonds is 2. The van der Waals surface area contributed by atoms with Crippen molar-refractivity contribution in [2.75, 3.05) is 5.32 Å². The molecule has 19 heavy (non-hydrogen) atoms. The third kappa shape index (κ3) is 2.51. The molecular formula is C17H25NO. The van der Waals surface area contributed by atoms with Crippen molar-refractivity contribution >= 4 is 5.69 Å². The van der Waals surface area contributed by atoms with Gasteiger partial charge in [-0.05, 0) is 43.2 Å². The molecule has 1 aromatic rings. The lowest BCUT2D eigenvalue weighted by Crippen LogP contribution is -2.51. The van der Waals surface area contributed by atoms with Crippen LogP contribution in [0.15, 0.2) is 24.3 Å². The van der Waals surface area contributed by atoms with Crippen LogP contribution in [0.3, 0.4) is 0 Å². The summed E-state index contributed by atoms with van der Waals surface area (Å²) in [5, 5.41) is 14.7. The van der Waals surface area contributed by atoms with Gasteiger partial charge in [-0.25, -0.2) is 0 Å². The molecule has 0 radical (unpaired) electrons. The molecule has 3 unspecified atom stereocenters. The van der Waals surface area contributed by atoms with Crippen molar-refractivity contribution < 1.29 is 5.11 Å². The molecular weight excluding hydrogens is 234 g/mol. The Hall–Kier alpha value is -1.02. The molecule has 0 bridgehead atoms. The summed E-state index contributed by atoms with van der Waals surface area (Å²) in [4.78, 5) is 0. The first-order valence-electron chi connectivity index (χ1n) is 7.78. The zero-order chi connectivity index (χ0) is 13.3. The Labute approximate surface area is 116 Å². The van der Waals surface area contributed by atoms with Gasteiger partial charge in [-0.3, -0.25) is 0 Å². The Kier molecular flexibility index (Phi) is 3.53. The second kappa shape index (κ2) is 5.16. The molecule has 1 aromatic carbocycles. The van der Waals surface area contributed by atoms with E-state index in [4.69, 9.17) is 0 Å². The zero-order valence-electron chi connectivity index (χ0n) is 11.9. The molecule has 1 aliphatic carbocycles. The number of anilines is 1. The molecule has 1 fully saturated rings. The third-order valence-electron chi connectivity index (χ3n) is 5.14. The molecule has 2 N–H and O–H groups in total. The maximum absolute atomic E-state index is 11.1. The van der Waals surface area contributed by atoms with Crippen molar-refractivity contribution in [2.24, 2.45) is 5.92 Å². The van der Waals surface area contributed by atoms with Gasteiger partial charge in [0.2, 0.25) is 0 Å². The molecule has 1 aliphatic heterocycles. The van der Waals surface area contributed by atoms with E-state index in [1.54, 1.807) is 0 Å². The lowest BCUT2D eigenvalue weighted by molar-refractivity contribution is -0.0349. The number of para-hydroxylation sites is 1. The van der Waals surface area contributed by atoms with E-state index in [1.165, 1.54) is 30.5 Å². The molecule has 3 atom stereocenters. The van der Waals surface area contributed by atoms with Gasteiger partial charge >= 0.3 is 0 Å². The fourth-order valence-electron chi connectivity index (χ4n) is 3.91. The van der Waals surface area contributed by atoms with Gasteiger partial charge in [0.05, 0.1) is 11.6 Å². The maximum atomic E-state index is 11.1. The van der Waals surface area contributed by atoms with Crippen molar-refractivity contribution in [3.8, 4) is 0 Å². The first-order valence-corrected chi connectivity index (χ1v) is 7.78. The molecule has 0 saturated heterocycles. The summed E-state index contributed by atoms with van der Waals surface area (Å²) >= 11 is 0. The van der Waals surface area contributed by atoms with E-state index < -0.39 is 5.60 Å². The third-order valence-corrected chi connectivity index (χ3v) is 5.14. The van der Waals surface area contributed by atoms with Gasteiger partial charge in [0.15, 0.2) is 0 Å². The molecule has 3 rings (SSSR count). The molecule has 1 heterocycles. The SMILES string of the molecule is CCC1CCCC(O)(C2CCc3ccccc3N2)C1. The van der Waals surface area contributed by atoms with Crippen LogP contribution in [-0.2, 0) is 6.42 Å². The summed E-state index contributed by atoms with van der Waals surface area (Å²) in [6.45, 7) is 2.25. The van der Waals surface area contributed by atoms with Gasteiger partial charge in [-0.2, -0.15) is 0 Å². The van der Waals surface area contributed by atoms with Crippen LogP contribution in [0.1, 0.15) is 51.0 Å². The minimum atomic E-state index is -0.494. The Morgan fingerprint density at radius 2 is 2.16 bits per heavy atom. The van der Waals surface area contributed by atoms with Crippen molar-refractivity contribution in [3.63, 3.8) is 0 Å². The number of hydrogen-bond acceptors (Lipinski definition) is 2. The van der Waals surface area contributed by atoms with Gasteiger partial charge in [-0.15, -0.1) is 0 Å². The maximum Gasteiger partial charge on any atom is 0.0850 e. The summed E-state index contributed by atoms with van der Waals surface area (Å²) < 4.78 is 0. The monoisotopic (exact) mass is 259 g/mol. The molecule has 2 heteroatoms. The Morgan fingerprint density at radius 1 is 1.32 bits per heavy atom. The van der Waals surface area contributed by atoms with E-state index in [1.807, 2.05) is 0 Å². The van der Waals surface area contributed by atoms with E-state index in [2.05, 4.69) is 36.5 Å². The summed E-state index contributed by atoms with van der Waals surface area (Å²) in [6.07, 6.45) is 7.76. The second-order valence-corrected chi connectivity index (χ2v) is 6.37. The predicted octanol–water partition coefficient (Wildman–Crippen LogP) is 3.74. The van der Waals surface area contributed by atoms with Crippen LogP contribution in [-0.4, -0.2) is 16.7 Å². The Balaban J connectivity index is 1.76. The van der Waals surface area contributed by atoms with Crippen LogP contribution >= 0.6 is 0 Å². The topological polar surface area (TPSA) is 32.3 Å². The summed E-state index contributed by atoms with van der Waals surface area (Å²) in [5.74, 6) is 0.706. The highest BCUT2D eigenvalue weighted by Crippen LogP contribution is 2.40. The van der Waals surface area contributed by atoms with Crippen LogP contribution in [0.25, 0.3) is 0 Å². The standard InChI is InChI=1S/C17H25NO/c1-2-13-6-5-11-17(19,12-13)16-10-9-14-7-3-4-8-15(14)18-16/h3-4,7-8,13,16,18-19H,2,5-6,9-12H2,1H3. The highest BCUT2D eigenvalue weighted by molar-refractivity contribution is 5.54. The number of aliphatic hydroxyl groups is 1. The van der Waals surface area contributed by atoms with Crippen LogP contribution in [0, 0.1) is 5.92 Å². The van der Waals surface area contributed by atoms with E-state index in [9.17, 15) is 5.11 Å². The zero-order valence-corrected chi connectivity index (χ0v) is 11.9. The quantitative estimate of drug-likeness (QED) is 0.848. The summed E-state index contributed by atoms with van der Waals surface area (Å²) in [7, 11) is 0. The molecule has 2 aliphatic rings. The number of hydrogen-bond donors (Lipinski definition) is 2. The van der Waals surface area contributed by atoms with E-state index in [-0.39, 0.29) is 6.04 Å². The molecule has 0 aromatic heterocycles. The van der Waals surface area contributed by atoms with E-state index in [0.717, 1.165) is 25.7 Å². The van der Waals surface area contributed by atoms with Gasteiger partial charge < -0.3 is 10.4 Å². The lowest BCUT2D eigenvalue weighted by Gasteiger charge is -2.44. The first kappa shape index (κ1) is 13.0. The molecule has 0 spiro atoms. The van der Waals surface area contributed by atoms with Gasteiger partial charge in [-0.1, -0.05) is 44.4 Å². The largest absolute Gasteiger partial charge is 0.388 e. The van der Waals surface area contributed by atoms with Gasteiger partial charge in [0.1, 0.15) is 0 Å². The van der Waals surface area contributed by atoms with Crippen molar-refractivity contribution in [2.45, 2.75) is 63.5 Å². The average Bonchev–Trinajstić information content (AvgIpc) is 2.46. The minimum Gasteiger partial charge on any atom is -0.388 e. The van der Waals surface area contributed by atoms with E-state index in [0.29, 0.717) is 5.92 Å². The van der Waals surface area contributed by atoms with Gasteiger partial charge in [0.25, 0.3) is 0 Å². The Morgan fingerprint density at radius 3 is 3.00 bits per heavy atom. The Bertz CT molecular complexity index is 445. The summed E-state index contributed by atoms with van der Waals surface area (Å²) in [5.41, 5.74) is 2.13. The molecule has 0 amide bonds. The fraction of sp³-hybridized carbons (Fsp3) is 0.647.